The number of halogens is 2. The summed E-state index contributed by atoms with van der Waals surface area (Å²) in [7, 11) is 0. The number of aromatic nitrogens is 1. The number of hydrogen-bond donors (Lipinski definition) is 1. The summed E-state index contributed by atoms with van der Waals surface area (Å²) in [4.78, 5) is 76.1. The fourth-order valence-electron chi connectivity index (χ4n) is 8.23. The van der Waals surface area contributed by atoms with Crippen LogP contribution in [0.2, 0.25) is 0 Å². The number of hydrogen-bond acceptors (Lipinski definition) is 9. The Morgan fingerprint density at radius 3 is 2.25 bits per heavy atom. The van der Waals surface area contributed by atoms with E-state index >= 15 is 0 Å². The van der Waals surface area contributed by atoms with Gasteiger partial charge in [0.1, 0.15) is 22.9 Å². The Morgan fingerprint density at radius 2 is 1.61 bits per heavy atom. The first kappa shape index (κ1) is 43.2. The highest BCUT2D eigenvalue weighted by Gasteiger charge is 2.54. The predicted molar refractivity (Wildman–Crippen MR) is 217 cm³/mol. The summed E-state index contributed by atoms with van der Waals surface area (Å²) in [5.41, 5.74) is -1.96. The fourth-order valence-corrected chi connectivity index (χ4v) is 8.23. The number of oxime groups is 1. The first-order valence-corrected chi connectivity index (χ1v) is 21.0. The first-order valence-electron chi connectivity index (χ1n) is 21.0. The lowest BCUT2D eigenvalue weighted by molar-refractivity contribution is -0.134. The maximum absolute atomic E-state index is 14.5. The van der Waals surface area contributed by atoms with Crippen molar-refractivity contribution >= 4 is 29.5 Å². The highest BCUT2D eigenvalue weighted by molar-refractivity contribution is 6.01. The number of nitrogens with one attached hydrogen (secondary N) is 1. The number of nitrogens with zero attached hydrogens (tertiary/aromatic N) is 3. The lowest BCUT2D eigenvalue weighted by Crippen LogP contribution is -2.52. The highest BCUT2D eigenvalue weighted by atomic mass is 19.1. The van der Waals surface area contributed by atoms with Crippen LogP contribution in [0.5, 0.6) is 11.5 Å². The summed E-state index contributed by atoms with van der Waals surface area (Å²) in [6, 6.07) is 7.62. The van der Waals surface area contributed by atoms with Crippen molar-refractivity contribution in [2.45, 2.75) is 141 Å². The molecule has 1 N–H and O–H groups in total. The molecule has 316 valence electrons. The summed E-state index contributed by atoms with van der Waals surface area (Å²) in [5.74, 6) is -4.99. The molecule has 6 rings (SSSR count). The topological polar surface area (TPSA) is 146 Å². The molecule has 59 heavy (non-hydrogen) atoms. The fraction of sp³-hybridized carbons (Fsp3) is 0.511. The average molecular weight is 817 g/mol. The van der Waals surface area contributed by atoms with Crippen LogP contribution in [-0.2, 0) is 16.2 Å². The van der Waals surface area contributed by atoms with Crippen LogP contribution in [-0.4, -0.2) is 57.1 Å². The van der Waals surface area contributed by atoms with Gasteiger partial charge in [-0.05, 0) is 63.4 Å². The number of benzene rings is 2. The Bertz CT molecular complexity index is 2120. The van der Waals surface area contributed by atoms with E-state index in [1.165, 1.54) is 86.0 Å². The van der Waals surface area contributed by atoms with Gasteiger partial charge in [0, 0.05) is 49.8 Å². The normalized spacial score (nSPS) is 19.4. The third-order valence-corrected chi connectivity index (χ3v) is 11.6. The average Bonchev–Trinajstić information content (AvgIpc) is 3.55. The van der Waals surface area contributed by atoms with Gasteiger partial charge in [0.25, 0.3) is 11.8 Å². The van der Waals surface area contributed by atoms with E-state index in [2.05, 4.69) is 17.4 Å². The summed E-state index contributed by atoms with van der Waals surface area (Å²) in [5, 5.41) is 6.73. The zero-order chi connectivity index (χ0) is 42.1. The molecule has 3 atom stereocenters. The van der Waals surface area contributed by atoms with Gasteiger partial charge in [0.15, 0.2) is 11.3 Å². The van der Waals surface area contributed by atoms with Gasteiger partial charge < -0.3 is 29.1 Å². The van der Waals surface area contributed by atoms with Gasteiger partial charge >= 0.3 is 11.9 Å². The first-order chi connectivity index (χ1) is 28.4. The van der Waals surface area contributed by atoms with E-state index in [1.54, 1.807) is 4.90 Å². The second kappa shape index (κ2) is 19.6. The quantitative estimate of drug-likeness (QED) is 0.0764. The largest absolute Gasteiger partial charge is 0.427 e. The molecule has 1 fully saturated rings. The monoisotopic (exact) mass is 816 g/mol. The lowest BCUT2D eigenvalue weighted by Gasteiger charge is -2.42. The Hall–Kier alpha value is -5.40. The number of ether oxygens (including phenoxy) is 2. The van der Waals surface area contributed by atoms with Crippen LogP contribution in [0, 0.1) is 11.6 Å². The molecule has 3 aliphatic rings. The molecule has 14 heteroatoms. The van der Waals surface area contributed by atoms with Gasteiger partial charge in [-0.1, -0.05) is 82.4 Å². The van der Waals surface area contributed by atoms with Crippen LogP contribution < -0.4 is 20.2 Å². The van der Waals surface area contributed by atoms with E-state index in [4.69, 9.17) is 14.3 Å². The Balaban J connectivity index is 1.18. The van der Waals surface area contributed by atoms with Crippen LogP contribution in [0.1, 0.15) is 160 Å². The predicted octanol–water partition coefficient (Wildman–Crippen LogP) is 8.60. The standard InChI is InChI=1S/C45H54F2N4O8/c1-4-5-6-7-8-9-10-11-12-13-14-15-38(52)57-34-20-17-31(18-21-34)44(56)58-41-39-43(55)50-28-37(45(23-22-30(50)3)25-29(2)49-59-45)51(39)27-35(40(41)53)42(54)48-26-32-16-19-33(46)24-36(32)47/h16-21,24,27,30,37H,4-15,22-23,25-26,28H2,1-3H3,(H,48,54)/t30-,37+,45-/m0/s1. The van der Waals surface area contributed by atoms with Crippen molar-refractivity contribution in [3.05, 3.63) is 92.9 Å². The second-order valence-corrected chi connectivity index (χ2v) is 16.1. The van der Waals surface area contributed by atoms with Gasteiger partial charge in [-0.15, -0.1) is 0 Å². The molecular formula is C45H54F2N4O8. The van der Waals surface area contributed by atoms with Crippen molar-refractivity contribution in [1.82, 2.24) is 14.8 Å². The second-order valence-electron chi connectivity index (χ2n) is 16.1. The van der Waals surface area contributed by atoms with Gasteiger partial charge in [-0.25, -0.2) is 13.6 Å². The Morgan fingerprint density at radius 1 is 0.932 bits per heavy atom. The Labute approximate surface area is 343 Å². The molecule has 0 radical (unpaired) electrons. The molecule has 3 aromatic rings. The minimum Gasteiger partial charge on any atom is -0.427 e. The van der Waals surface area contributed by atoms with E-state index in [1.807, 2.05) is 13.8 Å². The van der Waals surface area contributed by atoms with Crippen LogP contribution in [0.3, 0.4) is 0 Å². The molecule has 0 saturated carbocycles. The highest BCUT2D eigenvalue weighted by Crippen LogP contribution is 2.46. The maximum Gasteiger partial charge on any atom is 0.343 e. The number of carbonyl (C=O) groups excluding carboxylic acids is 4. The van der Waals surface area contributed by atoms with Crippen molar-refractivity contribution in [2.24, 2.45) is 5.16 Å². The maximum atomic E-state index is 14.5. The third-order valence-electron chi connectivity index (χ3n) is 11.6. The molecule has 2 aromatic carbocycles. The van der Waals surface area contributed by atoms with Crippen molar-refractivity contribution in [3.63, 3.8) is 0 Å². The molecular weight excluding hydrogens is 763 g/mol. The number of esters is 2. The van der Waals surface area contributed by atoms with Crippen molar-refractivity contribution < 1.29 is 42.3 Å². The molecule has 4 heterocycles. The lowest BCUT2D eigenvalue weighted by atomic mass is 9.84. The zero-order valence-electron chi connectivity index (χ0n) is 34.2. The van der Waals surface area contributed by atoms with E-state index in [9.17, 15) is 32.8 Å². The zero-order valence-corrected chi connectivity index (χ0v) is 34.2. The van der Waals surface area contributed by atoms with Gasteiger partial charge in [-0.3, -0.25) is 19.2 Å². The number of carbonyl (C=O) groups is 4. The summed E-state index contributed by atoms with van der Waals surface area (Å²) < 4.78 is 40.7. The number of rotatable bonds is 18. The molecule has 0 aliphatic carbocycles. The van der Waals surface area contributed by atoms with Crippen LogP contribution >= 0.6 is 0 Å². The number of amides is 2. The third kappa shape index (κ3) is 10.3. The molecule has 3 aliphatic heterocycles. The van der Waals surface area contributed by atoms with E-state index in [0.717, 1.165) is 37.5 Å². The SMILES string of the molecule is CCCCCCCCCCCCCC(=O)Oc1ccc(C(=O)Oc2c3n(cc(C(=O)NCc4ccc(F)cc4F)c2=O)[C@@H]2CN(C3=O)[C@@H](C)CC[C@]23CC(C)=NO3)cc1. The summed E-state index contributed by atoms with van der Waals surface area (Å²) in [6.07, 6.45) is 15.8. The van der Waals surface area contributed by atoms with Crippen LogP contribution in [0.15, 0.2) is 58.6 Å². The van der Waals surface area contributed by atoms with Gasteiger partial charge in [-0.2, -0.15) is 0 Å². The molecule has 1 aromatic heterocycles. The van der Waals surface area contributed by atoms with E-state index < -0.39 is 57.8 Å². The van der Waals surface area contributed by atoms with Crippen LogP contribution in [0.4, 0.5) is 8.78 Å². The van der Waals surface area contributed by atoms with Gasteiger partial charge in [0.05, 0.1) is 17.3 Å². The van der Waals surface area contributed by atoms with Crippen molar-refractivity contribution in [1.29, 1.82) is 0 Å². The molecule has 0 unspecified atom stereocenters. The molecule has 1 saturated heterocycles. The molecule has 2 bridgehead atoms. The molecule has 1 spiro atoms. The minimum atomic E-state index is -1.04. The van der Waals surface area contributed by atoms with E-state index in [0.29, 0.717) is 25.3 Å². The molecule has 12 nitrogen and oxygen atoms in total. The van der Waals surface area contributed by atoms with Crippen LogP contribution in [0.25, 0.3) is 0 Å². The van der Waals surface area contributed by atoms with Crippen molar-refractivity contribution in [3.8, 4) is 11.5 Å². The minimum absolute atomic E-state index is 0.0103. The van der Waals surface area contributed by atoms with Crippen molar-refractivity contribution in [2.75, 3.05) is 6.54 Å². The van der Waals surface area contributed by atoms with E-state index in [-0.39, 0.29) is 54.1 Å². The number of pyridine rings is 1. The molecule has 2 amide bonds. The summed E-state index contributed by atoms with van der Waals surface area (Å²) in [6.45, 7) is 5.72. The Kier molecular flexibility index (Phi) is 14.3. The van der Waals surface area contributed by atoms with Gasteiger partial charge in [0.2, 0.25) is 11.2 Å². The number of fused-ring (bicyclic) bond motifs is 5. The summed E-state index contributed by atoms with van der Waals surface area (Å²) >= 11 is 0. The number of unbranched alkanes of at least 4 members (excludes halogenated alkanes) is 10. The smallest absolute Gasteiger partial charge is 0.343 e.